The van der Waals surface area contributed by atoms with Crippen molar-refractivity contribution in [2.24, 2.45) is 0 Å². The summed E-state index contributed by atoms with van der Waals surface area (Å²) in [5, 5.41) is 20.1. The first kappa shape index (κ1) is 24.7. The third-order valence-electron chi connectivity index (χ3n) is 5.27. The number of fused-ring (bicyclic) bond motifs is 1. The number of carbonyl (C=O) groups is 1. The number of aromatic nitrogens is 1. The van der Waals surface area contributed by atoms with Crippen molar-refractivity contribution in [3.63, 3.8) is 0 Å². The number of aliphatic hydroxyl groups is 2. The summed E-state index contributed by atoms with van der Waals surface area (Å²) in [5.74, 6) is 1.05. The zero-order valence-electron chi connectivity index (χ0n) is 19.2. The number of thioether (sulfide) groups is 1. The molecule has 0 aliphatic carbocycles. The third kappa shape index (κ3) is 5.52. The van der Waals surface area contributed by atoms with E-state index in [1.807, 2.05) is 12.3 Å². The minimum absolute atomic E-state index is 0.167. The molecule has 3 aromatic rings. The molecule has 0 amide bonds. The molecule has 1 atom stereocenters. The highest BCUT2D eigenvalue weighted by atomic mass is 32.2. The van der Waals surface area contributed by atoms with Crippen LogP contribution >= 0.6 is 11.8 Å². The van der Waals surface area contributed by atoms with Crippen LogP contribution in [0.25, 0.3) is 17.0 Å². The van der Waals surface area contributed by atoms with Crippen molar-refractivity contribution in [1.29, 1.82) is 0 Å². The molecule has 1 unspecified atom stereocenters. The minimum Gasteiger partial charge on any atom is -0.493 e. The van der Waals surface area contributed by atoms with Gasteiger partial charge in [-0.05, 0) is 36.3 Å². The van der Waals surface area contributed by atoms with Crippen LogP contribution in [0.3, 0.4) is 0 Å². The highest BCUT2D eigenvalue weighted by Gasteiger charge is 2.21. The Bertz CT molecular complexity index is 1130. The van der Waals surface area contributed by atoms with Gasteiger partial charge in [0.2, 0.25) is 5.75 Å². The molecule has 0 spiro atoms. The lowest BCUT2D eigenvalue weighted by Gasteiger charge is -2.15. The molecule has 3 rings (SSSR count). The summed E-state index contributed by atoms with van der Waals surface area (Å²) in [7, 11) is 4.48. The largest absolute Gasteiger partial charge is 0.493 e. The smallest absolute Gasteiger partial charge is 0.203 e. The molecule has 0 bridgehead atoms. The number of allylic oxidation sites excluding steroid dienone is 1. The zero-order valence-corrected chi connectivity index (χ0v) is 20.0. The SMILES string of the molecule is CCc1ccc2c(/C=C(/SCC(O)CO)C(=O)c3cc(OC)c(OC)c(OC)c3)c[nH]c2c1. The van der Waals surface area contributed by atoms with Crippen molar-refractivity contribution < 1.29 is 29.2 Å². The number of methoxy groups -OCH3 is 3. The van der Waals surface area contributed by atoms with E-state index in [4.69, 9.17) is 14.2 Å². The number of aryl methyl sites for hydroxylation is 1. The molecule has 1 heterocycles. The summed E-state index contributed by atoms with van der Waals surface area (Å²) in [6.07, 6.45) is 3.64. The van der Waals surface area contributed by atoms with Gasteiger partial charge >= 0.3 is 0 Å². The maximum atomic E-state index is 13.5. The standard InChI is InChI=1S/C25H29NO6S/c1-5-15-6-7-19-17(12-26-20(19)8-15)11-23(33-14-18(28)13-27)24(29)16-9-21(30-2)25(32-4)22(10-16)31-3/h6-12,18,26-28H,5,13-14H2,1-4H3/b23-11+. The first-order valence-corrected chi connectivity index (χ1v) is 11.5. The molecule has 8 heteroatoms. The molecular formula is C25H29NO6S. The molecule has 7 nitrogen and oxygen atoms in total. The first-order valence-electron chi connectivity index (χ1n) is 10.5. The number of aromatic amines is 1. The summed E-state index contributed by atoms with van der Waals surface area (Å²) >= 11 is 1.18. The van der Waals surface area contributed by atoms with Crippen molar-refractivity contribution >= 4 is 34.5 Å². The van der Waals surface area contributed by atoms with Crippen LogP contribution in [0.2, 0.25) is 0 Å². The Morgan fingerprint density at radius 1 is 1.12 bits per heavy atom. The topological polar surface area (TPSA) is 101 Å². The average molecular weight is 472 g/mol. The van der Waals surface area contributed by atoms with Gasteiger partial charge < -0.3 is 29.4 Å². The zero-order chi connectivity index (χ0) is 24.0. The number of H-pyrrole nitrogens is 1. The van der Waals surface area contributed by atoms with E-state index in [0.717, 1.165) is 22.9 Å². The number of ketones is 1. The monoisotopic (exact) mass is 471 g/mol. The average Bonchev–Trinajstić information content (AvgIpc) is 3.26. The molecular weight excluding hydrogens is 442 g/mol. The Balaban J connectivity index is 2.07. The van der Waals surface area contributed by atoms with Crippen LogP contribution in [0.15, 0.2) is 41.4 Å². The number of nitrogens with one attached hydrogen (secondary N) is 1. The van der Waals surface area contributed by atoms with Gasteiger partial charge in [0, 0.05) is 34.0 Å². The Labute approximate surface area is 197 Å². The number of benzene rings is 2. The van der Waals surface area contributed by atoms with Crippen molar-refractivity contribution in [2.75, 3.05) is 33.7 Å². The van der Waals surface area contributed by atoms with E-state index in [9.17, 15) is 15.0 Å². The third-order valence-corrected chi connectivity index (χ3v) is 6.43. The highest BCUT2D eigenvalue weighted by Crippen LogP contribution is 2.39. The van der Waals surface area contributed by atoms with Crippen LogP contribution in [-0.2, 0) is 6.42 Å². The summed E-state index contributed by atoms with van der Waals surface area (Å²) in [6.45, 7) is 1.72. The number of aliphatic hydroxyl groups excluding tert-OH is 2. The van der Waals surface area contributed by atoms with Crippen LogP contribution in [0.4, 0.5) is 0 Å². The molecule has 0 aliphatic rings. The van der Waals surface area contributed by atoms with Gasteiger partial charge in [0.25, 0.3) is 0 Å². The van der Waals surface area contributed by atoms with Gasteiger partial charge in [-0.1, -0.05) is 19.1 Å². The molecule has 0 aliphatic heterocycles. The highest BCUT2D eigenvalue weighted by molar-refractivity contribution is 8.04. The maximum absolute atomic E-state index is 13.5. The molecule has 2 aromatic carbocycles. The van der Waals surface area contributed by atoms with Crippen molar-refractivity contribution in [3.05, 3.63) is 58.1 Å². The quantitative estimate of drug-likeness (QED) is 0.286. The predicted molar refractivity (Wildman–Crippen MR) is 132 cm³/mol. The Morgan fingerprint density at radius 3 is 2.39 bits per heavy atom. The number of hydrogen-bond acceptors (Lipinski definition) is 7. The summed E-state index contributed by atoms with van der Waals surface area (Å²) in [6, 6.07) is 9.39. The normalized spacial score (nSPS) is 12.6. The van der Waals surface area contributed by atoms with E-state index in [1.165, 1.54) is 38.7 Å². The number of Topliss-reactive ketones (excluding diaryl/α,β-unsaturated/α-hetero) is 1. The molecule has 0 saturated carbocycles. The molecule has 0 radical (unpaired) electrons. The second-order valence-corrected chi connectivity index (χ2v) is 8.44. The summed E-state index contributed by atoms with van der Waals surface area (Å²) < 4.78 is 16.1. The van der Waals surface area contributed by atoms with Gasteiger partial charge in [0.1, 0.15) is 0 Å². The van der Waals surface area contributed by atoms with Gasteiger partial charge in [0.15, 0.2) is 17.3 Å². The maximum Gasteiger partial charge on any atom is 0.203 e. The van der Waals surface area contributed by atoms with Crippen LogP contribution in [0, 0.1) is 0 Å². The van der Waals surface area contributed by atoms with Crippen LogP contribution < -0.4 is 14.2 Å². The van der Waals surface area contributed by atoms with Crippen molar-refractivity contribution in [3.8, 4) is 17.2 Å². The second kappa shape index (κ2) is 11.3. The van der Waals surface area contributed by atoms with E-state index < -0.39 is 6.10 Å². The van der Waals surface area contributed by atoms with Crippen molar-refractivity contribution in [1.82, 2.24) is 4.98 Å². The predicted octanol–water partition coefficient (Wildman–Crippen LogP) is 4.07. The Hall–Kier alpha value is -2.94. The van der Waals surface area contributed by atoms with Crippen LogP contribution in [-0.4, -0.2) is 60.8 Å². The molecule has 0 fully saturated rings. The molecule has 1 aromatic heterocycles. The van der Waals surface area contributed by atoms with E-state index in [2.05, 4.69) is 24.0 Å². The van der Waals surface area contributed by atoms with E-state index in [-0.39, 0.29) is 18.1 Å². The first-order chi connectivity index (χ1) is 15.9. The lowest BCUT2D eigenvalue weighted by Crippen LogP contribution is -2.16. The lowest BCUT2D eigenvalue weighted by molar-refractivity contribution is 0.104. The number of hydrogen-bond donors (Lipinski definition) is 3. The fourth-order valence-electron chi connectivity index (χ4n) is 3.44. The Kier molecular flexibility index (Phi) is 8.43. The fraction of sp³-hybridized carbons (Fsp3) is 0.320. The van der Waals surface area contributed by atoms with Crippen molar-refractivity contribution in [2.45, 2.75) is 19.4 Å². The van der Waals surface area contributed by atoms with Gasteiger partial charge in [-0.15, -0.1) is 11.8 Å². The van der Waals surface area contributed by atoms with E-state index in [1.54, 1.807) is 18.2 Å². The number of rotatable bonds is 11. The Morgan fingerprint density at radius 2 is 1.82 bits per heavy atom. The van der Waals surface area contributed by atoms with Gasteiger partial charge in [-0.25, -0.2) is 0 Å². The number of ether oxygens (including phenoxy) is 3. The van der Waals surface area contributed by atoms with Gasteiger partial charge in [-0.2, -0.15) is 0 Å². The van der Waals surface area contributed by atoms with E-state index in [0.29, 0.717) is 27.7 Å². The summed E-state index contributed by atoms with van der Waals surface area (Å²) in [4.78, 5) is 17.2. The molecule has 0 saturated heterocycles. The fourth-order valence-corrected chi connectivity index (χ4v) is 4.38. The number of carbonyl (C=O) groups excluding carboxylic acids is 1. The molecule has 176 valence electrons. The minimum atomic E-state index is -0.943. The summed E-state index contributed by atoms with van der Waals surface area (Å²) in [5.41, 5.74) is 3.42. The second-order valence-electron chi connectivity index (χ2n) is 7.38. The van der Waals surface area contributed by atoms with E-state index >= 15 is 0 Å². The van der Waals surface area contributed by atoms with Crippen LogP contribution in [0.5, 0.6) is 17.2 Å². The molecule has 3 N–H and O–H groups in total. The van der Waals surface area contributed by atoms with Gasteiger partial charge in [0.05, 0.1) is 38.9 Å². The lowest BCUT2D eigenvalue weighted by atomic mass is 10.1. The van der Waals surface area contributed by atoms with Gasteiger partial charge in [-0.3, -0.25) is 4.79 Å². The van der Waals surface area contributed by atoms with Crippen LogP contribution in [0.1, 0.15) is 28.4 Å². The molecule has 33 heavy (non-hydrogen) atoms.